The molecule has 0 amide bonds. The molecule has 1 aromatic carbocycles. The van der Waals surface area contributed by atoms with E-state index in [1.54, 1.807) is 4.90 Å². The standard InChI is InChI=1S/C15H20F2N2O2/c1-2-19(9-10-4-3-7-18-8-10)12-6-5-11(15(20)21)13(16)14(12)17/h5-6,10,18H,2-4,7-9H2,1H3,(H,20,21). The van der Waals surface area contributed by atoms with Crippen LogP contribution in [0.25, 0.3) is 0 Å². The van der Waals surface area contributed by atoms with Crippen LogP contribution in [-0.4, -0.2) is 37.3 Å². The summed E-state index contributed by atoms with van der Waals surface area (Å²) in [5, 5.41) is 12.1. The molecule has 0 bridgehead atoms. The summed E-state index contributed by atoms with van der Waals surface area (Å²) < 4.78 is 27.9. The van der Waals surface area contributed by atoms with E-state index in [4.69, 9.17) is 5.11 Å². The molecule has 21 heavy (non-hydrogen) atoms. The van der Waals surface area contributed by atoms with Gasteiger partial charge < -0.3 is 15.3 Å². The van der Waals surface area contributed by atoms with Crippen LogP contribution in [0.4, 0.5) is 14.5 Å². The fourth-order valence-corrected chi connectivity index (χ4v) is 2.74. The molecule has 4 nitrogen and oxygen atoms in total. The molecule has 0 aromatic heterocycles. The second-order valence-corrected chi connectivity index (χ2v) is 5.32. The third-order valence-electron chi connectivity index (χ3n) is 3.89. The number of aromatic carboxylic acids is 1. The maximum absolute atomic E-state index is 14.1. The molecule has 0 spiro atoms. The molecule has 1 unspecified atom stereocenters. The fraction of sp³-hybridized carbons (Fsp3) is 0.533. The van der Waals surface area contributed by atoms with Gasteiger partial charge in [0.2, 0.25) is 0 Å². The number of carbonyl (C=O) groups is 1. The summed E-state index contributed by atoms with van der Waals surface area (Å²) in [6.07, 6.45) is 2.14. The Bertz CT molecular complexity index is 517. The Labute approximate surface area is 122 Å². The van der Waals surface area contributed by atoms with Gasteiger partial charge in [-0.3, -0.25) is 0 Å². The third-order valence-corrected chi connectivity index (χ3v) is 3.89. The van der Waals surface area contributed by atoms with Gasteiger partial charge in [-0.05, 0) is 50.9 Å². The van der Waals surface area contributed by atoms with Gasteiger partial charge in [0.15, 0.2) is 11.6 Å². The van der Waals surface area contributed by atoms with E-state index in [-0.39, 0.29) is 5.69 Å². The second-order valence-electron chi connectivity index (χ2n) is 5.32. The molecule has 0 radical (unpaired) electrons. The van der Waals surface area contributed by atoms with Gasteiger partial charge in [0.25, 0.3) is 0 Å². The number of nitrogens with one attached hydrogen (secondary N) is 1. The molecule has 1 aliphatic heterocycles. The van der Waals surface area contributed by atoms with Crippen LogP contribution in [-0.2, 0) is 0 Å². The van der Waals surface area contributed by atoms with Gasteiger partial charge in [-0.25, -0.2) is 13.6 Å². The van der Waals surface area contributed by atoms with Crippen LogP contribution in [0.15, 0.2) is 12.1 Å². The van der Waals surface area contributed by atoms with Gasteiger partial charge in [-0.15, -0.1) is 0 Å². The van der Waals surface area contributed by atoms with Crippen molar-refractivity contribution in [1.82, 2.24) is 5.32 Å². The number of rotatable bonds is 5. The number of anilines is 1. The highest BCUT2D eigenvalue weighted by Gasteiger charge is 2.23. The lowest BCUT2D eigenvalue weighted by molar-refractivity contribution is 0.0690. The van der Waals surface area contributed by atoms with Crippen LogP contribution in [0.5, 0.6) is 0 Å². The summed E-state index contributed by atoms with van der Waals surface area (Å²) in [5.41, 5.74) is -0.503. The molecule has 0 aliphatic carbocycles. The predicted octanol–water partition coefficient (Wildman–Crippen LogP) is 2.49. The van der Waals surface area contributed by atoms with E-state index >= 15 is 0 Å². The van der Waals surface area contributed by atoms with E-state index in [9.17, 15) is 13.6 Å². The number of hydrogen-bond donors (Lipinski definition) is 2. The summed E-state index contributed by atoms with van der Waals surface area (Å²) in [4.78, 5) is 12.6. The summed E-state index contributed by atoms with van der Waals surface area (Å²) in [6.45, 7) is 4.91. The maximum atomic E-state index is 14.1. The number of nitrogens with zero attached hydrogens (tertiary/aromatic N) is 1. The lowest BCUT2D eigenvalue weighted by Crippen LogP contribution is -2.38. The lowest BCUT2D eigenvalue weighted by atomic mass is 9.98. The predicted molar refractivity (Wildman–Crippen MR) is 76.8 cm³/mol. The van der Waals surface area contributed by atoms with Crippen molar-refractivity contribution >= 4 is 11.7 Å². The molecule has 2 N–H and O–H groups in total. The van der Waals surface area contributed by atoms with Crippen molar-refractivity contribution in [2.75, 3.05) is 31.1 Å². The first-order valence-corrected chi connectivity index (χ1v) is 7.21. The number of benzene rings is 1. The SMILES string of the molecule is CCN(CC1CCCNC1)c1ccc(C(=O)O)c(F)c1F. The Morgan fingerprint density at radius 1 is 1.43 bits per heavy atom. The van der Waals surface area contributed by atoms with Gasteiger partial charge in [-0.1, -0.05) is 0 Å². The Morgan fingerprint density at radius 2 is 2.19 bits per heavy atom. The lowest BCUT2D eigenvalue weighted by Gasteiger charge is -2.31. The van der Waals surface area contributed by atoms with Crippen LogP contribution >= 0.6 is 0 Å². The third kappa shape index (κ3) is 3.50. The number of carboxylic acids is 1. The normalized spacial score (nSPS) is 18.5. The van der Waals surface area contributed by atoms with Crippen molar-refractivity contribution in [3.05, 3.63) is 29.3 Å². The van der Waals surface area contributed by atoms with Gasteiger partial charge in [0.05, 0.1) is 11.3 Å². The zero-order valence-electron chi connectivity index (χ0n) is 12.0. The molecule has 6 heteroatoms. The number of carboxylic acid groups (broad SMARTS) is 1. The topological polar surface area (TPSA) is 52.6 Å². The highest BCUT2D eigenvalue weighted by atomic mass is 19.2. The molecule has 1 atom stereocenters. The highest BCUT2D eigenvalue weighted by molar-refractivity contribution is 5.88. The van der Waals surface area contributed by atoms with Crippen molar-refractivity contribution in [3.8, 4) is 0 Å². The second kappa shape index (κ2) is 6.85. The van der Waals surface area contributed by atoms with Crippen LogP contribution in [0, 0.1) is 17.6 Å². The Kier molecular flexibility index (Phi) is 5.12. The summed E-state index contributed by atoms with van der Waals surface area (Å²) in [6, 6.07) is 2.47. The molecule has 1 aliphatic rings. The van der Waals surface area contributed by atoms with E-state index in [1.807, 2.05) is 6.92 Å². The molecule has 0 saturated carbocycles. The van der Waals surface area contributed by atoms with Gasteiger partial charge in [0, 0.05) is 13.1 Å². The number of piperidine rings is 1. The first-order chi connectivity index (χ1) is 10.0. The van der Waals surface area contributed by atoms with Gasteiger partial charge >= 0.3 is 5.97 Å². The zero-order valence-corrected chi connectivity index (χ0v) is 12.0. The quantitative estimate of drug-likeness (QED) is 0.877. The van der Waals surface area contributed by atoms with Crippen molar-refractivity contribution in [1.29, 1.82) is 0 Å². The summed E-state index contributed by atoms with van der Waals surface area (Å²) in [7, 11) is 0. The average molecular weight is 298 g/mol. The average Bonchev–Trinajstić information content (AvgIpc) is 2.48. The van der Waals surface area contributed by atoms with E-state index < -0.39 is 23.2 Å². The number of halogens is 2. The van der Waals surface area contributed by atoms with E-state index in [1.165, 1.54) is 6.07 Å². The molecular formula is C15H20F2N2O2. The van der Waals surface area contributed by atoms with Gasteiger partial charge in [-0.2, -0.15) is 0 Å². The molecule has 116 valence electrons. The summed E-state index contributed by atoms with van der Waals surface area (Å²) in [5.74, 6) is -3.45. The molecule has 1 fully saturated rings. The minimum atomic E-state index is -1.46. The van der Waals surface area contributed by atoms with E-state index in [0.717, 1.165) is 32.0 Å². The van der Waals surface area contributed by atoms with Crippen LogP contribution in [0.1, 0.15) is 30.1 Å². The van der Waals surface area contributed by atoms with Crippen LogP contribution in [0.3, 0.4) is 0 Å². The van der Waals surface area contributed by atoms with Crippen molar-refractivity contribution in [3.63, 3.8) is 0 Å². The van der Waals surface area contributed by atoms with Crippen LogP contribution < -0.4 is 10.2 Å². The fourth-order valence-electron chi connectivity index (χ4n) is 2.74. The molecule has 1 saturated heterocycles. The molecule has 1 heterocycles. The van der Waals surface area contributed by atoms with Crippen molar-refractivity contribution in [2.45, 2.75) is 19.8 Å². The smallest absolute Gasteiger partial charge is 0.338 e. The van der Waals surface area contributed by atoms with Crippen molar-refractivity contribution < 1.29 is 18.7 Å². The largest absolute Gasteiger partial charge is 0.478 e. The minimum absolute atomic E-state index is 0.130. The van der Waals surface area contributed by atoms with Gasteiger partial charge in [0.1, 0.15) is 0 Å². The first-order valence-electron chi connectivity index (χ1n) is 7.21. The number of hydrogen-bond acceptors (Lipinski definition) is 3. The Morgan fingerprint density at radius 3 is 2.76 bits per heavy atom. The molecular weight excluding hydrogens is 278 g/mol. The highest BCUT2D eigenvalue weighted by Crippen LogP contribution is 2.26. The van der Waals surface area contributed by atoms with Crippen LogP contribution in [0.2, 0.25) is 0 Å². The molecule has 1 aromatic rings. The first kappa shape index (κ1) is 15.7. The molecule has 2 rings (SSSR count). The Hall–Kier alpha value is -1.69. The van der Waals surface area contributed by atoms with Crippen molar-refractivity contribution in [2.24, 2.45) is 5.92 Å². The summed E-state index contributed by atoms with van der Waals surface area (Å²) >= 11 is 0. The maximum Gasteiger partial charge on any atom is 0.338 e. The van der Waals surface area contributed by atoms with E-state index in [0.29, 0.717) is 19.0 Å². The monoisotopic (exact) mass is 298 g/mol. The van der Waals surface area contributed by atoms with E-state index in [2.05, 4.69) is 5.32 Å². The Balaban J connectivity index is 2.21. The zero-order chi connectivity index (χ0) is 15.4. The minimum Gasteiger partial charge on any atom is -0.478 e.